The molecule has 0 radical (unpaired) electrons. The number of benzene rings is 3. The van der Waals surface area contributed by atoms with Crippen molar-refractivity contribution in [2.24, 2.45) is 0 Å². The van der Waals surface area contributed by atoms with Gasteiger partial charge in [0.05, 0.1) is 23.3 Å². The van der Waals surface area contributed by atoms with Gasteiger partial charge in [0.25, 0.3) is 0 Å². The van der Waals surface area contributed by atoms with Crippen molar-refractivity contribution in [2.75, 3.05) is 0 Å². The average molecular weight is 437 g/mol. The van der Waals surface area contributed by atoms with E-state index in [1.165, 1.54) is 0 Å². The van der Waals surface area contributed by atoms with Crippen molar-refractivity contribution in [3.63, 3.8) is 0 Å². The molecule has 33 heavy (non-hydrogen) atoms. The molecule has 3 aromatic carbocycles. The summed E-state index contributed by atoms with van der Waals surface area (Å²) in [6.45, 7) is 0.558. The molecule has 0 aliphatic heterocycles. The number of nitrogens with zero attached hydrogens (tertiary/aromatic N) is 5. The molecule has 162 valence electrons. The van der Waals surface area contributed by atoms with Crippen LogP contribution in [0.15, 0.2) is 84.9 Å². The highest BCUT2D eigenvalue weighted by molar-refractivity contribution is 5.89. The maximum absolute atomic E-state index is 11.5. The fraction of sp³-hybridized carbons (Fsp3) is 0.0800. The minimum absolute atomic E-state index is 0.221. The van der Waals surface area contributed by atoms with Crippen molar-refractivity contribution in [2.45, 2.75) is 13.2 Å². The molecular weight excluding hydrogens is 418 g/mol. The van der Waals surface area contributed by atoms with Crippen LogP contribution in [-0.4, -0.2) is 36.3 Å². The van der Waals surface area contributed by atoms with E-state index in [2.05, 4.69) is 20.5 Å². The van der Waals surface area contributed by atoms with Crippen LogP contribution >= 0.6 is 0 Å². The van der Waals surface area contributed by atoms with Crippen molar-refractivity contribution in [3.8, 4) is 17.1 Å². The lowest BCUT2D eigenvalue weighted by Gasteiger charge is -2.10. The zero-order valence-corrected chi connectivity index (χ0v) is 17.5. The first kappa shape index (κ1) is 20.3. The lowest BCUT2D eigenvalue weighted by Crippen LogP contribution is -2.09. The third kappa shape index (κ3) is 4.40. The SMILES string of the molecule is O=C(O)c1ccccc1Cn1nnnc1-c1cccc(OCc2ccc3ccccc3n2)c1. The first-order valence-electron chi connectivity index (χ1n) is 10.3. The molecule has 0 aliphatic rings. The fourth-order valence-electron chi connectivity index (χ4n) is 3.62. The van der Waals surface area contributed by atoms with Gasteiger partial charge in [0.15, 0.2) is 5.82 Å². The second-order valence-electron chi connectivity index (χ2n) is 7.43. The number of carboxylic acids is 1. The molecule has 0 fully saturated rings. The first-order valence-corrected chi connectivity index (χ1v) is 10.3. The van der Waals surface area contributed by atoms with E-state index in [4.69, 9.17) is 4.74 Å². The van der Waals surface area contributed by atoms with E-state index in [1.807, 2.05) is 60.7 Å². The summed E-state index contributed by atoms with van der Waals surface area (Å²) >= 11 is 0. The summed E-state index contributed by atoms with van der Waals surface area (Å²) in [5.41, 5.74) is 3.35. The van der Waals surface area contributed by atoms with Gasteiger partial charge in [-0.15, -0.1) is 5.10 Å². The molecule has 2 heterocycles. The molecule has 0 aliphatic carbocycles. The van der Waals surface area contributed by atoms with Crippen LogP contribution in [0.5, 0.6) is 5.75 Å². The van der Waals surface area contributed by atoms with Gasteiger partial charge in [0.2, 0.25) is 0 Å². The van der Waals surface area contributed by atoms with Crippen LogP contribution in [-0.2, 0) is 13.2 Å². The molecular formula is C25H19N5O3. The van der Waals surface area contributed by atoms with E-state index in [1.54, 1.807) is 28.9 Å². The number of carboxylic acid groups (broad SMARTS) is 1. The molecule has 0 spiro atoms. The Hall–Kier alpha value is -4.59. The number of carbonyl (C=O) groups is 1. The summed E-state index contributed by atoms with van der Waals surface area (Å²) in [4.78, 5) is 16.2. The van der Waals surface area contributed by atoms with Crippen molar-refractivity contribution >= 4 is 16.9 Å². The van der Waals surface area contributed by atoms with Gasteiger partial charge >= 0.3 is 5.97 Å². The Bertz CT molecular complexity index is 1450. The predicted octanol–water partition coefficient (Wildman–Crippen LogP) is 4.21. The molecule has 0 amide bonds. The zero-order valence-electron chi connectivity index (χ0n) is 17.5. The number of fused-ring (bicyclic) bond motifs is 1. The molecule has 0 saturated carbocycles. The van der Waals surface area contributed by atoms with Gasteiger partial charge in [-0.3, -0.25) is 0 Å². The van der Waals surface area contributed by atoms with Crippen LogP contribution in [0.3, 0.4) is 0 Å². The number of hydrogen-bond acceptors (Lipinski definition) is 6. The van der Waals surface area contributed by atoms with E-state index in [0.717, 1.165) is 22.2 Å². The Morgan fingerprint density at radius 2 is 1.79 bits per heavy atom. The average Bonchev–Trinajstić information content (AvgIpc) is 3.31. The normalized spacial score (nSPS) is 10.9. The molecule has 1 N–H and O–H groups in total. The second kappa shape index (κ2) is 8.88. The molecule has 0 unspecified atom stereocenters. The zero-order chi connectivity index (χ0) is 22.6. The number of aromatic nitrogens is 5. The van der Waals surface area contributed by atoms with Gasteiger partial charge in [-0.2, -0.15) is 0 Å². The molecule has 0 saturated heterocycles. The number of hydrogen-bond donors (Lipinski definition) is 1. The number of tetrazole rings is 1. The number of rotatable bonds is 7. The van der Waals surface area contributed by atoms with Crippen molar-refractivity contribution in [1.82, 2.24) is 25.2 Å². The van der Waals surface area contributed by atoms with Crippen molar-refractivity contribution in [3.05, 3.63) is 102 Å². The maximum Gasteiger partial charge on any atom is 0.336 e. The van der Waals surface area contributed by atoms with Crippen LogP contribution in [0.25, 0.3) is 22.3 Å². The molecule has 5 rings (SSSR count). The van der Waals surface area contributed by atoms with Gasteiger partial charge in [0, 0.05) is 10.9 Å². The Labute approximate surface area is 189 Å². The quantitative estimate of drug-likeness (QED) is 0.407. The minimum Gasteiger partial charge on any atom is -0.487 e. The lowest BCUT2D eigenvalue weighted by atomic mass is 10.1. The van der Waals surface area contributed by atoms with Crippen LogP contribution in [0.4, 0.5) is 0 Å². The molecule has 0 atom stereocenters. The number of ether oxygens (including phenoxy) is 1. The van der Waals surface area contributed by atoms with Gasteiger partial charge in [-0.05, 0) is 46.3 Å². The summed E-state index contributed by atoms with van der Waals surface area (Å²) in [6, 6.07) is 26.2. The minimum atomic E-state index is -0.988. The fourth-order valence-corrected chi connectivity index (χ4v) is 3.62. The molecule has 0 bridgehead atoms. The highest BCUT2D eigenvalue weighted by Crippen LogP contribution is 2.23. The summed E-state index contributed by atoms with van der Waals surface area (Å²) < 4.78 is 7.55. The van der Waals surface area contributed by atoms with Crippen molar-refractivity contribution in [1.29, 1.82) is 0 Å². The van der Waals surface area contributed by atoms with E-state index in [-0.39, 0.29) is 12.1 Å². The van der Waals surface area contributed by atoms with Crippen LogP contribution in [0, 0.1) is 0 Å². The Balaban J connectivity index is 1.36. The highest BCUT2D eigenvalue weighted by Gasteiger charge is 2.14. The molecule has 2 aromatic heterocycles. The van der Waals surface area contributed by atoms with Gasteiger partial charge in [0.1, 0.15) is 12.4 Å². The van der Waals surface area contributed by atoms with Gasteiger partial charge in [-0.1, -0.05) is 54.6 Å². The van der Waals surface area contributed by atoms with Gasteiger partial charge in [-0.25, -0.2) is 14.5 Å². The molecule has 5 aromatic rings. The monoisotopic (exact) mass is 437 g/mol. The third-order valence-electron chi connectivity index (χ3n) is 5.23. The predicted molar refractivity (Wildman–Crippen MR) is 122 cm³/mol. The number of para-hydroxylation sites is 1. The Morgan fingerprint density at radius 1 is 0.939 bits per heavy atom. The topological polar surface area (TPSA) is 103 Å². The molecule has 8 nitrogen and oxygen atoms in total. The summed E-state index contributed by atoms with van der Waals surface area (Å²) in [5, 5.41) is 22.5. The largest absolute Gasteiger partial charge is 0.487 e. The van der Waals surface area contributed by atoms with Crippen LogP contribution < -0.4 is 4.74 Å². The standard InChI is InChI=1S/C25H19N5O3/c31-25(32)22-10-3-1-7-19(22)15-30-24(27-28-29-30)18-8-5-9-21(14-18)33-16-20-13-12-17-6-2-4-11-23(17)26-20/h1-14H,15-16H2,(H,31,32). The van der Waals surface area contributed by atoms with Crippen LogP contribution in [0.1, 0.15) is 21.6 Å². The van der Waals surface area contributed by atoms with E-state index >= 15 is 0 Å². The Morgan fingerprint density at radius 3 is 2.70 bits per heavy atom. The lowest BCUT2D eigenvalue weighted by molar-refractivity contribution is 0.0695. The molecule has 8 heteroatoms. The summed E-state index contributed by atoms with van der Waals surface area (Å²) in [7, 11) is 0. The van der Waals surface area contributed by atoms with Crippen LogP contribution in [0.2, 0.25) is 0 Å². The van der Waals surface area contributed by atoms with Crippen molar-refractivity contribution < 1.29 is 14.6 Å². The maximum atomic E-state index is 11.5. The second-order valence-corrected chi connectivity index (χ2v) is 7.43. The number of aromatic carboxylic acids is 1. The highest BCUT2D eigenvalue weighted by atomic mass is 16.5. The third-order valence-corrected chi connectivity index (χ3v) is 5.23. The van der Waals surface area contributed by atoms with Gasteiger partial charge < -0.3 is 9.84 Å². The smallest absolute Gasteiger partial charge is 0.336 e. The van der Waals surface area contributed by atoms with E-state index in [9.17, 15) is 9.90 Å². The van der Waals surface area contributed by atoms with E-state index < -0.39 is 5.97 Å². The summed E-state index contributed by atoms with van der Waals surface area (Å²) in [6.07, 6.45) is 0. The number of pyridine rings is 1. The Kier molecular flexibility index (Phi) is 5.47. The van der Waals surface area contributed by atoms with E-state index in [0.29, 0.717) is 23.7 Å². The first-order chi connectivity index (χ1) is 16.2. The summed E-state index contributed by atoms with van der Waals surface area (Å²) in [5.74, 6) is 0.185.